The van der Waals surface area contributed by atoms with Crippen LogP contribution in [0.2, 0.25) is 0 Å². The van der Waals surface area contributed by atoms with E-state index >= 15 is 0 Å². The van der Waals surface area contributed by atoms with Crippen LogP contribution in [-0.2, 0) is 5.60 Å². The number of hydrogen-bond acceptors (Lipinski definition) is 7. The van der Waals surface area contributed by atoms with Crippen LogP contribution in [-0.4, -0.2) is 42.0 Å². The average Bonchev–Trinajstić information content (AvgIpc) is 3.32. The first kappa shape index (κ1) is 19.5. The van der Waals surface area contributed by atoms with E-state index in [0.29, 0.717) is 17.7 Å². The van der Waals surface area contributed by atoms with Gasteiger partial charge in [-0.15, -0.1) is 10.2 Å². The first-order chi connectivity index (χ1) is 14.2. The predicted molar refractivity (Wildman–Crippen MR) is 113 cm³/mol. The fourth-order valence-electron chi connectivity index (χ4n) is 5.35. The number of nitrogens with zero attached hydrogens (tertiary/aromatic N) is 3. The Morgan fingerprint density at radius 2 is 2.13 bits per heavy atom. The Balaban J connectivity index is 1.53. The first-order valence-corrected chi connectivity index (χ1v) is 10.7. The van der Waals surface area contributed by atoms with E-state index < -0.39 is 11.2 Å². The zero-order valence-corrected chi connectivity index (χ0v) is 17.6. The van der Waals surface area contributed by atoms with Gasteiger partial charge in [0, 0.05) is 23.8 Å². The summed E-state index contributed by atoms with van der Waals surface area (Å²) < 4.78 is 5.80. The van der Waals surface area contributed by atoms with Gasteiger partial charge in [0.2, 0.25) is 5.89 Å². The molecule has 0 amide bonds. The average molecular weight is 412 g/mol. The van der Waals surface area contributed by atoms with Gasteiger partial charge >= 0.3 is 0 Å². The normalized spacial score (nSPS) is 29.3. The number of aromatic amines is 1. The summed E-state index contributed by atoms with van der Waals surface area (Å²) in [7, 11) is 0. The summed E-state index contributed by atoms with van der Waals surface area (Å²) in [5, 5.41) is 34.0. The van der Waals surface area contributed by atoms with Crippen molar-refractivity contribution in [2.45, 2.75) is 70.1 Å². The van der Waals surface area contributed by atoms with Crippen molar-refractivity contribution in [3.05, 3.63) is 24.4 Å². The molecule has 8 nitrogen and oxygen atoms in total. The van der Waals surface area contributed by atoms with E-state index in [9.17, 15) is 10.2 Å². The minimum absolute atomic E-state index is 0.168. The number of pyridine rings is 1. The molecule has 2 aliphatic rings. The molecule has 0 spiro atoms. The fraction of sp³-hybridized carbons (Fsp3) is 0.591. The summed E-state index contributed by atoms with van der Waals surface area (Å²) in [4.78, 5) is 7.67. The standard InChI is InChI=1S/C22H29N5O3/c1-12-8-13-10-22(29,9-12)6-4-16(13)25-17-14-5-7-23-18(14)24-11-15(17)19-26-27-20(30-19)21(2,3)28/h5,7,11-13,16,28-29H,4,6,8-10H2,1-3H3,(H2,23,24,25)/t12?,13-,16-,22-/m0/s1. The lowest BCUT2D eigenvalue weighted by Gasteiger charge is -2.48. The minimum atomic E-state index is -1.21. The molecule has 0 aliphatic heterocycles. The van der Waals surface area contributed by atoms with E-state index in [4.69, 9.17) is 4.42 Å². The van der Waals surface area contributed by atoms with Gasteiger partial charge in [-0.25, -0.2) is 4.98 Å². The molecule has 2 aliphatic carbocycles. The fourth-order valence-corrected chi connectivity index (χ4v) is 5.35. The molecule has 2 fully saturated rings. The molecule has 5 rings (SSSR count). The van der Waals surface area contributed by atoms with Gasteiger partial charge in [-0.05, 0) is 63.9 Å². The molecule has 1 unspecified atom stereocenters. The third kappa shape index (κ3) is 3.37. The molecule has 4 N–H and O–H groups in total. The molecular formula is C22H29N5O3. The van der Waals surface area contributed by atoms with Crippen molar-refractivity contribution in [1.29, 1.82) is 0 Å². The summed E-state index contributed by atoms with van der Waals surface area (Å²) >= 11 is 0. The van der Waals surface area contributed by atoms with Gasteiger partial charge in [0.15, 0.2) is 0 Å². The van der Waals surface area contributed by atoms with Crippen LogP contribution in [0.5, 0.6) is 0 Å². The van der Waals surface area contributed by atoms with Crippen LogP contribution in [0.25, 0.3) is 22.5 Å². The Morgan fingerprint density at radius 1 is 1.30 bits per heavy atom. The maximum absolute atomic E-state index is 10.9. The van der Waals surface area contributed by atoms with Crippen molar-refractivity contribution in [3.8, 4) is 11.5 Å². The Hall–Kier alpha value is -2.45. The van der Waals surface area contributed by atoms with Crippen LogP contribution >= 0.6 is 0 Å². The first-order valence-electron chi connectivity index (χ1n) is 10.7. The zero-order chi connectivity index (χ0) is 21.1. The molecule has 3 aromatic rings. The highest BCUT2D eigenvalue weighted by atomic mass is 16.4. The minimum Gasteiger partial charge on any atom is -0.417 e. The lowest BCUT2D eigenvalue weighted by molar-refractivity contribution is -0.0677. The van der Waals surface area contributed by atoms with Crippen molar-refractivity contribution in [3.63, 3.8) is 0 Å². The van der Waals surface area contributed by atoms with Gasteiger partial charge in [0.25, 0.3) is 5.89 Å². The molecule has 30 heavy (non-hydrogen) atoms. The summed E-state index contributed by atoms with van der Waals surface area (Å²) in [6, 6.07) is 2.24. The molecule has 3 aromatic heterocycles. The molecule has 160 valence electrons. The number of anilines is 1. The van der Waals surface area contributed by atoms with Gasteiger partial charge < -0.3 is 24.9 Å². The number of aliphatic hydroxyl groups is 2. The topological polar surface area (TPSA) is 120 Å². The van der Waals surface area contributed by atoms with Gasteiger partial charge in [0.1, 0.15) is 11.2 Å². The highest BCUT2D eigenvalue weighted by Gasteiger charge is 2.44. The third-order valence-corrected chi connectivity index (χ3v) is 6.66. The van der Waals surface area contributed by atoms with E-state index in [1.807, 2.05) is 12.3 Å². The Kier molecular flexibility index (Phi) is 4.41. The maximum Gasteiger partial charge on any atom is 0.251 e. The van der Waals surface area contributed by atoms with Crippen molar-refractivity contribution in [2.75, 3.05) is 5.32 Å². The number of fused-ring (bicyclic) bond motifs is 3. The highest BCUT2D eigenvalue weighted by molar-refractivity contribution is 5.97. The lowest BCUT2D eigenvalue weighted by atomic mass is 9.64. The monoisotopic (exact) mass is 411 g/mol. The number of nitrogens with one attached hydrogen (secondary N) is 2. The van der Waals surface area contributed by atoms with E-state index in [2.05, 4.69) is 32.4 Å². The summed E-state index contributed by atoms with van der Waals surface area (Å²) in [6.07, 6.45) is 8.18. The van der Waals surface area contributed by atoms with Crippen LogP contribution in [0, 0.1) is 11.8 Å². The van der Waals surface area contributed by atoms with Crippen LogP contribution in [0.3, 0.4) is 0 Å². The van der Waals surface area contributed by atoms with Gasteiger partial charge in [0.05, 0.1) is 16.9 Å². The number of hydrogen-bond donors (Lipinski definition) is 4. The second-order valence-corrected chi connectivity index (χ2v) is 9.78. The third-order valence-electron chi connectivity index (χ3n) is 6.66. The van der Waals surface area contributed by atoms with Gasteiger partial charge in [-0.1, -0.05) is 6.92 Å². The van der Waals surface area contributed by atoms with Crippen molar-refractivity contribution in [2.24, 2.45) is 11.8 Å². The van der Waals surface area contributed by atoms with E-state index in [-0.39, 0.29) is 11.9 Å². The summed E-state index contributed by atoms with van der Waals surface area (Å²) in [5.74, 6) is 1.43. The number of aromatic nitrogens is 4. The van der Waals surface area contributed by atoms with Crippen molar-refractivity contribution >= 4 is 16.7 Å². The number of rotatable bonds is 4. The van der Waals surface area contributed by atoms with Gasteiger partial charge in [-0.2, -0.15) is 0 Å². The summed E-state index contributed by atoms with van der Waals surface area (Å²) in [6.45, 7) is 5.47. The highest BCUT2D eigenvalue weighted by Crippen LogP contribution is 2.47. The summed E-state index contributed by atoms with van der Waals surface area (Å²) in [5.41, 5.74) is 0.679. The molecule has 0 aromatic carbocycles. The van der Waals surface area contributed by atoms with Crippen LogP contribution in [0.4, 0.5) is 5.69 Å². The van der Waals surface area contributed by atoms with Crippen molar-refractivity contribution < 1.29 is 14.6 Å². The Morgan fingerprint density at radius 3 is 2.90 bits per heavy atom. The van der Waals surface area contributed by atoms with E-state index in [1.165, 1.54) is 0 Å². The molecule has 4 atom stereocenters. The van der Waals surface area contributed by atoms with Crippen LogP contribution in [0.1, 0.15) is 58.8 Å². The van der Waals surface area contributed by atoms with Gasteiger partial charge in [-0.3, -0.25) is 0 Å². The Bertz CT molecular complexity index is 1070. The second kappa shape index (κ2) is 6.78. The van der Waals surface area contributed by atoms with Crippen LogP contribution < -0.4 is 5.32 Å². The SMILES string of the molecule is CC1C[C@H]2C[C@](O)(CC[C@@H]2Nc2c(-c3nnc(C(C)(C)O)o3)cnc3[nH]ccc23)C1. The Labute approximate surface area is 175 Å². The molecule has 0 radical (unpaired) electrons. The van der Waals surface area contributed by atoms with E-state index in [0.717, 1.165) is 54.4 Å². The molecular weight excluding hydrogens is 382 g/mol. The molecule has 8 heteroatoms. The largest absolute Gasteiger partial charge is 0.417 e. The zero-order valence-electron chi connectivity index (χ0n) is 17.6. The second-order valence-electron chi connectivity index (χ2n) is 9.78. The molecule has 0 saturated heterocycles. The smallest absolute Gasteiger partial charge is 0.251 e. The molecule has 3 heterocycles. The van der Waals surface area contributed by atoms with Crippen molar-refractivity contribution in [1.82, 2.24) is 20.2 Å². The molecule has 2 bridgehead atoms. The lowest BCUT2D eigenvalue weighted by Crippen LogP contribution is -2.49. The number of H-pyrrole nitrogens is 1. The predicted octanol–water partition coefficient (Wildman–Crippen LogP) is 3.58. The maximum atomic E-state index is 10.9. The quantitative estimate of drug-likeness (QED) is 0.518. The van der Waals surface area contributed by atoms with Crippen LogP contribution in [0.15, 0.2) is 22.9 Å². The molecule has 2 saturated carbocycles. The van der Waals surface area contributed by atoms with E-state index in [1.54, 1.807) is 20.0 Å².